The molecule has 1 N–H and O–H groups in total. The largest absolute Gasteiger partial charge is 0.496 e. The van der Waals surface area contributed by atoms with Crippen molar-refractivity contribution in [3.63, 3.8) is 0 Å². The molecule has 0 aromatic heterocycles. The number of aliphatic hydroxyl groups is 1. The minimum absolute atomic E-state index is 0.214. The number of rotatable bonds is 3. The molecular formula is C10H13ClO2. The Hall–Kier alpha value is -0.730. The van der Waals surface area contributed by atoms with E-state index < -0.39 is 6.10 Å². The van der Waals surface area contributed by atoms with Gasteiger partial charge in [-0.3, -0.25) is 0 Å². The van der Waals surface area contributed by atoms with Crippen LogP contribution in [0.2, 0.25) is 0 Å². The maximum atomic E-state index is 9.44. The minimum atomic E-state index is -0.591. The number of aliphatic hydroxyl groups excluding tert-OH is 1. The molecule has 13 heavy (non-hydrogen) atoms. The Bertz CT molecular complexity index is 286. The summed E-state index contributed by atoms with van der Waals surface area (Å²) in [6.45, 7) is 1.93. The first-order chi connectivity index (χ1) is 6.19. The monoisotopic (exact) mass is 200 g/mol. The van der Waals surface area contributed by atoms with Gasteiger partial charge in [0.2, 0.25) is 0 Å². The molecule has 0 saturated heterocycles. The lowest BCUT2D eigenvalue weighted by molar-refractivity contribution is 0.202. The van der Waals surface area contributed by atoms with Crippen LogP contribution in [0.5, 0.6) is 5.75 Å². The topological polar surface area (TPSA) is 29.5 Å². The van der Waals surface area contributed by atoms with Gasteiger partial charge in [0, 0.05) is 0 Å². The van der Waals surface area contributed by atoms with E-state index in [4.69, 9.17) is 16.3 Å². The highest BCUT2D eigenvalue weighted by molar-refractivity contribution is 6.18. The molecule has 0 radical (unpaired) electrons. The average molecular weight is 201 g/mol. The average Bonchev–Trinajstić information content (AvgIpc) is 2.16. The highest BCUT2D eigenvalue weighted by Crippen LogP contribution is 2.22. The highest BCUT2D eigenvalue weighted by Gasteiger charge is 2.07. The number of halogens is 1. The Morgan fingerprint density at radius 1 is 1.54 bits per heavy atom. The van der Waals surface area contributed by atoms with Gasteiger partial charge in [-0.2, -0.15) is 0 Å². The van der Waals surface area contributed by atoms with Gasteiger partial charge in [-0.15, -0.1) is 11.6 Å². The maximum Gasteiger partial charge on any atom is 0.121 e. The van der Waals surface area contributed by atoms with Gasteiger partial charge in [0.25, 0.3) is 0 Å². The Balaban J connectivity index is 2.95. The number of alkyl halides is 1. The highest BCUT2D eigenvalue weighted by atomic mass is 35.5. The van der Waals surface area contributed by atoms with Gasteiger partial charge in [-0.1, -0.05) is 6.07 Å². The van der Waals surface area contributed by atoms with Crippen LogP contribution in [0.15, 0.2) is 18.2 Å². The van der Waals surface area contributed by atoms with Crippen molar-refractivity contribution in [2.45, 2.75) is 13.0 Å². The van der Waals surface area contributed by atoms with Crippen molar-refractivity contribution in [2.24, 2.45) is 0 Å². The van der Waals surface area contributed by atoms with Crippen LogP contribution < -0.4 is 4.74 Å². The second-order valence-corrected chi connectivity index (χ2v) is 3.21. The van der Waals surface area contributed by atoms with Crippen molar-refractivity contribution in [3.8, 4) is 5.75 Å². The molecular weight excluding hydrogens is 188 g/mol. The van der Waals surface area contributed by atoms with Crippen LogP contribution >= 0.6 is 11.6 Å². The van der Waals surface area contributed by atoms with Crippen molar-refractivity contribution in [3.05, 3.63) is 29.3 Å². The number of aryl methyl sites for hydroxylation is 1. The number of ether oxygens (including phenoxy) is 1. The van der Waals surface area contributed by atoms with E-state index in [9.17, 15) is 5.11 Å². The number of hydrogen-bond donors (Lipinski definition) is 1. The number of methoxy groups -OCH3 is 1. The van der Waals surface area contributed by atoms with Gasteiger partial charge >= 0.3 is 0 Å². The third-order valence-electron chi connectivity index (χ3n) is 1.95. The summed E-state index contributed by atoms with van der Waals surface area (Å²) in [5.41, 5.74) is 1.83. The van der Waals surface area contributed by atoms with Crippen LogP contribution in [0, 0.1) is 6.92 Å². The fourth-order valence-corrected chi connectivity index (χ4v) is 1.38. The van der Waals surface area contributed by atoms with Crippen LogP contribution in [-0.4, -0.2) is 18.1 Å². The smallest absolute Gasteiger partial charge is 0.121 e. The molecule has 0 aliphatic heterocycles. The van der Waals surface area contributed by atoms with Crippen LogP contribution in [0.4, 0.5) is 0 Å². The molecule has 0 aliphatic rings. The lowest BCUT2D eigenvalue weighted by Crippen LogP contribution is -1.99. The SMILES string of the molecule is COc1ccc(C(O)CCl)cc1C. The van der Waals surface area contributed by atoms with Gasteiger partial charge < -0.3 is 9.84 Å². The summed E-state index contributed by atoms with van der Waals surface area (Å²) < 4.78 is 5.10. The molecule has 1 aromatic carbocycles. The molecule has 3 heteroatoms. The van der Waals surface area contributed by atoms with E-state index in [-0.39, 0.29) is 5.88 Å². The summed E-state index contributed by atoms with van der Waals surface area (Å²) in [5, 5.41) is 9.44. The van der Waals surface area contributed by atoms with Crippen LogP contribution in [0.3, 0.4) is 0 Å². The summed E-state index contributed by atoms with van der Waals surface area (Å²) in [6.07, 6.45) is -0.591. The summed E-state index contributed by atoms with van der Waals surface area (Å²) in [6, 6.07) is 5.53. The van der Waals surface area contributed by atoms with Crippen molar-refractivity contribution < 1.29 is 9.84 Å². The second kappa shape index (κ2) is 4.49. The molecule has 1 aromatic rings. The Labute approximate surface area is 83.1 Å². The van der Waals surface area contributed by atoms with Gasteiger partial charge in [-0.25, -0.2) is 0 Å². The van der Waals surface area contributed by atoms with Crippen LogP contribution in [0.1, 0.15) is 17.2 Å². The van der Waals surface area contributed by atoms with Crippen LogP contribution in [0.25, 0.3) is 0 Å². The molecule has 0 aliphatic carbocycles. The first kappa shape index (κ1) is 10.4. The van der Waals surface area contributed by atoms with E-state index >= 15 is 0 Å². The van der Waals surface area contributed by atoms with Crippen molar-refractivity contribution >= 4 is 11.6 Å². The lowest BCUT2D eigenvalue weighted by Gasteiger charge is -2.10. The quantitative estimate of drug-likeness (QED) is 0.759. The zero-order chi connectivity index (χ0) is 9.84. The van der Waals surface area contributed by atoms with E-state index in [0.29, 0.717) is 0 Å². The normalized spacial score (nSPS) is 12.6. The second-order valence-electron chi connectivity index (χ2n) is 2.90. The van der Waals surface area contributed by atoms with Gasteiger partial charge in [-0.05, 0) is 30.2 Å². The fourth-order valence-electron chi connectivity index (χ4n) is 1.20. The van der Waals surface area contributed by atoms with Crippen LogP contribution in [-0.2, 0) is 0 Å². The van der Waals surface area contributed by atoms with E-state index in [1.807, 2.05) is 25.1 Å². The Morgan fingerprint density at radius 3 is 2.69 bits per heavy atom. The zero-order valence-corrected chi connectivity index (χ0v) is 8.51. The zero-order valence-electron chi connectivity index (χ0n) is 7.75. The van der Waals surface area contributed by atoms with Crippen molar-refractivity contribution in [1.29, 1.82) is 0 Å². The number of hydrogen-bond acceptors (Lipinski definition) is 2. The van der Waals surface area contributed by atoms with Gasteiger partial charge in [0.15, 0.2) is 0 Å². The first-order valence-corrected chi connectivity index (χ1v) is 4.61. The first-order valence-electron chi connectivity index (χ1n) is 4.07. The Morgan fingerprint density at radius 2 is 2.23 bits per heavy atom. The molecule has 0 amide bonds. The molecule has 0 fully saturated rings. The molecule has 0 saturated carbocycles. The summed E-state index contributed by atoms with van der Waals surface area (Å²) >= 11 is 5.53. The van der Waals surface area contributed by atoms with Gasteiger partial charge in [0.05, 0.1) is 19.1 Å². The fraction of sp³-hybridized carbons (Fsp3) is 0.400. The van der Waals surface area contributed by atoms with Crippen molar-refractivity contribution in [1.82, 2.24) is 0 Å². The molecule has 0 spiro atoms. The predicted octanol–water partition coefficient (Wildman–Crippen LogP) is 2.28. The molecule has 1 atom stereocenters. The molecule has 0 heterocycles. The van der Waals surface area contributed by atoms with Gasteiger partial charge in [0.1, 0.15) is 5.75 Å². The standard InChI is InChI=1S/C10H13ClO2/c1-7-5-8(9(12)6-11)3-4-10(7)13-2/h3-5,9,12H,6H2,1-2H3. The van der Waals surface area contributed by atoms with E-state index in [1.54, 1.807) is 7.11 Å². The number of benzene rings is 1. The predicted molar refractivity (Wildman–Crippen MR) is 53.4 cm³/mol. The summed E-state index contributed by atoms with van der Waals surface area (Å²) in [5.74, 6) is 1.04. The third kappa shape index (κ3) is 2.36. The summed E-state index contributed by atoms with van der Waals surface area (Å²) in [7, 11) is 1.62. The Kier molecular flexibility index (Phi) is 3.58. The molecule has 1 unspecified atom stereocenters. The lowest BCUT2D eigenvalue weighted by atomic mass is 10.1. The molecule has 0 bridgehead atoms. The van der Waals surface area contributed by atoms with Crippen molar-refractivity contribution in [2.75, 3.05) is 13.0 Å². The molecule has 2 nitrogen and oxygen atoms in total. The minimum Gasteiger partial charge on any atom is -0.496 e. The van der Waals surface area contributed by atoms with E-state index in [1.165, 1.54) is 0 Å². The molecule has 1 rings (SSSR count). The molecule has 72 valence electrons. The third-order valence-corrected chi connectivity index (χ3v) is 2.24. The maximum absolute atomic E-state index is 9.44. The van der Waals surface area contributed by atoms with E-state index in [0.717, 1.165) is 16.9 Å². The van der Waals surface area contributed by atoms with E-state index in [2.05, 4.69) is 0 Å². The summed E-state index contributed by atoms with van der Waals surface area (Å²) in [4.78, 5) is 0.